The smallest absolute Gasteiger partial charge is 0.145 e. The van der Waals surface area contributed by atoms with Gasteiger partial charge in [-0.05, 0) is 35.0 Å². The van der Waals surface area contributed by atoms with Crippen LogP contribution >= 0.6 is 27.5 Å². The molecule has 0 saturated heterocycles. The van der Waals surface area contributed by atoms with Gasteiger partial charge in [0.15, 0.2) is 0 Å². The number of halogens is 3. The molecule has 0 radical (unpaired) electrons. The third-order valence-electron chi connectivity index (χ3n) is 4.44. The summed E-state index contributed by atoms with van der Waals surface area (Å²) in [6.45, 7) is 7.44. The maximum Gasteiger partial charge on any atom is 0.145 e. The highest BCUT2D eigenvalue weighted by atomic mass is 79.9. The lowest BCUT2D eigenvalue weighted by molar-refractivity contribution is -0.0701. The Kier molecular flexibility index (Phi) is 4.98. The molecule has 1 aromatic rings. The average Bonchev–Trinajstić information content (AvgIpc) is 2.42. The van der Waals surface area contributed by atoms with Crippen molar-refractivity contribution in [2.24, 2.45) is 5.41 Å². The van der Waals surface area contributed by atoms with Gasteiger partial charge in [0.25, 0.3) is 0 Å². The van der Waals surface area contributed by atoms with Crippen LogP contribution in [-0.2, 0) is 0 Å². The number of rotatable bonds is 5. The molecule has 0 spiro atoms. The summed E-state index contributed by atoms with van der Waals surface area (Å²) in [6.07, 6.45) is 2.05. The summed E-state index contributed by atoms with van der Waals surface area (Å²) in [5.41, 5.74) is 0.0750. The minimum atomic E-state index is -0.453. The van der Waals surface area contributed by atoms with Crippen molar-refractivity contribution in [2.75, 3.05) is 6.54 Å². The highest BCUT2D eigenvalue weighted by Gasteiger charge is 2.51. The van der Waals surface area contributed by atoms with Crippen molar-refractivity contribution in [2.45, 2.75) is 45.8 Å². The van der Waals surface area contributed by atoms with Gasteiger partial charge in [0.2, 0.25) is 0 Å². The molecule has 20 heavy (non-hydrogen) atoms. The number of nitrogens with one attached hydrogen (secondary N) is 1. The van der Waals surface area contributed by atoms with E-state index < -0.39 is 5.82 Å². The molecule has 0 bridgehead atoms. The monoisotopic (exact) mass is 363 g/mol. The predicted octanol–water partition coefficient (Wildman–Crippen LogP) is 4.79. The second-order valence-electron chi connectivity index (χ2n) is 5.51. The van der Waals surface area contributed by atoms with Crippen molar-refractivity contribution < 1.29 is 9.13 Å². The Hall–Kier alpha value is -0.320. The van der Waals surface area contributed by atoms with Gasteiger partial charge in [0, 0.05) is 23.9 Å². The van der Waals surface area contributed by atoms with Crippen LogP contribution in [0.2, 0.25) is 5.02 Å². The fourth-order valence-corrected chi connectivity index (χ4v) is 3.52. The zero-order valence-corrected chi connectivity index (χ0v) is 14.3. The van der Waals surface area contributed by atoms with E-state index >= 15 is 0 Å². The van der Waals surface area contributed by atoms with E-state index in [9.17, 15) is 4.39 Å². The first-order valence-corrected chi connectivity index (χ1v) is 8.14. The summed E-state index contributed by atoms with van der Waals surface area (Å²) in [6, 6.07) is 3.34. The van der Waals surface area contributed by atoms with Crippen LogP contribution in [0.15, 0.2) is 16.6 Å². The Morgan fingerprint density at radius 2 is 2.20 bits per heavy atom. The molecule has 1 saturated carbocycles. The molecule has 1 fully saturated rings. The summed E-state index contributed by atoms with van der Waals surface area (Å²) in [7, 11) is 0. The Labute approximate surface area is 133 Å². The zero-order valence-electron chi connectivity index (χ0n) is 12.0. The molecular formula is C15H20BrClFNO. The SMILES string of the molecule is CCNC1CC(Oc2cc(F)c(Cl)cc2Br)C1(C)CC. The predicted molar refractivity (Wildman–Crippen MR) is 84.0 cm³/mol. The summed E-state index contributed by atoms with van der Waals surface area (Å²) in [5.74, 6) is 0.0668. The third kappa shape index (κ3) is 2.83. The second kappa shape index (κ2) is 6.20. The Balaban J connectivity index is 2.13. The first kappa shape index (κ1) is 16.1. The van der Waals surface area contributed by atoms with Gasteiger partial charge >= 0.3 is 0 Å². The second-order valence-corrected chi connectivity index (χ2v) is 6.77. The van der Waals surface area contributed by atoms with Crippen LogP contribution in [0, 0.1) is 11.2 Å². The van der Waals surface area contributed by atoms with Crippen molar-refractivity contribution in [3.63, 3.8) is 0 Å². The molecule has 112 valence electrons. The van der Waals surface area contributed by atoms with Gasteiger partial charge in [-0.3, -0.25) is 0 Å². The van der Waals surface area contributed by atoms with E-state index in [1.165, 1.54) is 12.1 Å². The molecule has 0 heterocycles. The maximum absolute atomic E-state index is 13.6. The first-order chi connectivity index (χ1) is 9.42. The van der Waals surface area contributed by atoms with E-state index in [0.717, 1.165) is 19.4 Å². The molecule has 2 nitrogen and oxygen atoms in total. The average molecular weight is 365 g/mol. The molecule has 1 aromatic carbocycles. The van der Waals surface area contributed by atoms with Gasteiger partial charge < -0.3 is 10.1 Å². The molecule has 0 amide bonds. The largest absolute Gasteiger partial charge is 0.488 e. The summed E-state index contributed by atoms with van der Waals surface area (Å²) >= 11 is 9.12. The Bertz CT molecular complexity index is 499. The van der Waals surface area contributed by atoms with E-state index in [4.69, 9.17) is 16.3 Å². The molecule has 5 heteroatoms. The van der Waals surface area contributed by atoms with Crippen molar-refractivity contribution >= 4 is 27.5 Å². The van der Waals surface area contributed by atoms with Crippen LogP contribution < -0.4 is 10.1 Å². The fourth-order valence-electron chi connectivity index (χ4n) is 2.78. The van der Waals surface area contributed by atoms with Crippen LogP contribution in [0.1, 0.15) is 33.6 Å². The lowest BCUT2D eigenvalue weighted by atomic mass is 9.61. The Morgan fingerprint density at radius 3 is 2.80 bits per heavy atom. The minimum Gasteiger partial charge on any atom is -0.488 e. The van der Waals surface area contributed by atoms with Crippen LogP contribution in [-0.4, -0.2) is 18.7 Å². The van der Waals surface area contributed by atoms with Gasteiger partial charge in [0.1, 0.15) is 17.7 Å². The first-order valence-electron chi connectivity index (χ1n) is 6.97. The number of hydrogen-bond donors (Lipinski definition) is 1. The van der Waals surface area contributed by atoms with Gasteiger partial charge in [-0.15, -0.1) is 0 Å². The summed E-state index contributed by atoms with van der Waals surface area (Å²) in [4.78, 5) is 0. The molecule has 0 aromatic heterocycles. The van der Waals surface area contributed by atoms with Crippen molar-refractivity contribution in [3.05, 3.63) is 27.4 Å². The highest BCUT2D eigenvalue weighted by molar-refractivity contribution is 9.10. The maximum atomic E-state index is 13.6. The van der Waals surface area contributed by atoms with Gasteiger partial charge in [-0.2, -0.15) is 0 Å². The van der Waals surface area contributed by atoms with Gasteiger partial charge in [0.05, 0.1) is 9.50 Å². The lowest BCUT2D eigenvalue weighted by Gasteiger charge is -2.53. The van der Waals surface area contributed by atoms with E-state index in [2.05, 4.69) is 42.0 Å². The topological polar surface area (TPSA) is 21.3 Å². The highest BCUT2D eigenvalue weighted by Crippen LogP contribution is 2.47. The van der Waals surface area contributed by atoms with E-state index in [1.807, 2.05) is 0 Å². The van der Waals surface area contributed by atoms with Crippen LogP contribution in [0.5, 0.6) is 5.75 Å². The number of hydrogen-bond acceptors (Lipinski definition) is 2. The molecular weight excluding hydrogens is 345 g/mol. The lowest BCUT2D eigenvalue weighted by Crippen LogP contribution is -2.63. The van der Waals surface area contributed by atoms with Crippen molar-refractivity contribution in [3.8, 4) is 5.75 Å². The van der Waals surface area contributed by atoms with Gasteiger partial charge in [-0.1, -0.05) is 32.4 Å². The van der Waals surface area contributed by atoms with E-state index in [0.29, 0.717) is 16.3 Å². The van der Waals surface area contributed by atoms with Crippen molar-refractivity contribution in [1.29, 1.82) is 0 Å². The van der Waals surface area contributed by atoms with Crippen LogP contribution in [0.4, 0.5) is 4.39 Å². The number of ether oxygens (including phenoxy) is 1. The molecule has 3 unspecified atom stereocenters. The van der Waals surface area contributed by atoms with Crippen molar-refractivity contribution in [1.82, 2.24) is 5.32 Å². The molecule has 2 rings (SSSR count). The molecule has 3 atom stereocenters. The zero-order chi connectivity index (χ0) is 14.9. The molecule has 1 N–H and O–H groups in total. The van der Waals surface area contributed by atoms with E-state index in [-0.39, 0.29) is 16.5 Å². The van der Waals surface area contributed by atoms with Crippen LogP contribution in [0.25, 0.3) is 0 Å². The van der Waals surface area contributed by atoms with E-state index in [1.54, 1.807) is 0 Å². The van der Waals surface area contributed by atoms with Crippen LogP contribution in [0.3, 0.4) is 0 Å². The fraction of sp³-hybridized carbons (Fsp3) is 0.600. The summed E-state index contributed by atoms with van der Waals surface area (Å²) in [5, 5.41) is 3.59. The Morgan fingerprint density at radius 1 is 1.50 bits per heavy atom. The quantitative estimate of drug-likeness (QED) is 0.759. The normalized spacial score (nSPS) is 29.1. The molecule has 0 aliphatic heterocycles. The number of benzene rings is 1. The standard InChI is InChI=1S/C15H20BrClFNO/c1-4-15(3)13(19-5-2)8-14(15)20-12-7-11(18)10(17)6-9(12)16/h6-7,13-14,19H,4-5,8H2,1-3H3. The molecule has 1 aliphatic rings. The summed E-state index contributed by atoms with van der Waals surface area (Å²) < 4.78 is 20.3. The van der Waals surface area contributed by atoms with Gasteiger partial charge in [-0.25, -0.2) is 4.39 Å². The molecule has 1 aliphatic carbocycles. The minimum absolute atomic E-state index is 0.0750. The third-order valence-corrected chi connectivity index (χ3v) is 5.35.